The molecular weight excluding hydrogens is 270 g/mol. The Morgan fingerprint density at radius 3 is 2.67 bits per heavy atom. The number of amides is 1. The molecule has 1 atom stereocenters. The number of carboxylic acid groups (broad SMARTS) is 1. The number of nitrogens with one attached hydrogen (secondary N) is 1. The van der Waals surface area contributed by atoms with E-state index < -0.39 is 12.1 Å². The predicted octanol–water partition coefficient (Wildman–Crippen LogP) is 2.33. The van der Waals surface area contributed by atoms with E-state index in [2.05, 4.69) is 5.32 Å². The van der Waals surface area contributed by atoms with Crippen molar-refractivity contribution in [3.8, 4) is 5.75 Å². The van der Waals surface area contributed by atoms with Crippen molar-refractivity contribution in [2.24, 2.45) is 0 Å². The molecule has 1 aliphatic heterocycles. The van der Waals surface area contributed by atoms with Crippen LogP contribution < -0.4 is 10.1 Å². The molecule has 21 heavy (non-hydrogen) atoms. The van der Waals surface area contributed by atoms with Gasteiger partial charge in [-0.1, -0.05) is 30.3 Å². The number of hydrogen-bond acceptors (Lipinski definition) is 3. The van der Waals surface area contributed by atoms with Crippen molar-refractivity contribution in [2.75, 3.05) is 5.32 Å². The molecule has 0 aromatic heterocycles. The zero-order valence-electron chi connectivity index (χ0n) is 11.1. The van der Waals surface area contributed by atoms with Gasteiger partial charge in [0.2, 0.25) is 0 Å². The minimum atomic E-state index is -1.04. The summed E-state index contributed by atoms with van der Waals surface area (Å²) in [5.74, 6) is -0.826. The van der Waals surface area contributed by atoms with Gasteiger partial charge in [0.05, 0.1) is 11.3 Å². The minimum Gasteiger partial charge on any atom is -0.478 e. The van der Waals surface area contributed by atoms with Gasteiger partial charge in [-0.25, -0.2) is 4.79 Å². The molecular formula is C16H13NO4. The van der Waals surface area contributed by atoms with Gasteiger partial charge >= 0.3 is 5.97 Å². The monoisotopic (exact) mass is 283 g/mol. The van der Waals surface area contributed by atoms with Crippen LogP contribution in [0.2, 0.25) is 0 Å². The second kappa shape index (κ2) is 5.28. The fourth-order valence-corrected chi connectivity index (χ4v) is 2.25. The summed E-state index contributed by atoms with van der Waals surface area (Å²) >= 11 is 0. The third-order valence-electron chi connectivity index (χ3n) is 3.31. The number of anilines is 1. The number of aromatic carboxylic acids is 1. The number of hydrogen-bond donors (Lipinski definition) is 2. The van der Waals surface area contributed by atoms with E-state index in [0.29, 0.717) is 17.9 Å². The van der Waals surface area contributed by atoms with Crippen LogP contribution in [-0.4, -0.2) is 23.1 Å². The van der Waals surface area contributed by atoms with Crippen molar-refractivity contribution in [1.82, 2.24) is 0 Å². The first-order chi connectivity index (χ1) is 10.1. The standard InChI is InChI=1S/C16H13NO4/c18-15-14(8-10-4-2-1-3-5-10)21-13-7-6-11(16(19)20)9-12(13)17-15/h1-7,9,14H,8H2,(H,17,18)(H,19,20)/t14-/m0/s1. The molecule has 0 saturated carbocycles. The largest absolute Gasteiger partial charge is 0.478 e. The van der Waals surface area contributed by atoms with E-state index in [4.69, 9.17) is 9.84 Å². The van der Waals surface area contributed by atoms with E-state index in [-0.39, 0.29) is 11.5 Å². The fourth-order valence-electron chi connectivity index (χ4n) is 2.25. The van der Waals surface area contributed by atoms with Crippen LogP contribution in [0.1, 0.15) is 15.9 Å². The van der Waals surface area contributed by atoms with Crippen molar-refractivity contribution in [2.45, 2.75) is 12.5 Å². The second-order valence-corrected chi connectivity index (χ2v) is 4.80. The predicted molar refractivity (Wildman–Crippen MR) is 76.6 cm³/mol. The number of carboxylic acids is 1. The van der Waals surface area contributed by atoms with Crippen molar-refractivity contribution in [1.29, 1.82) is 0 Å². The third kappa shape index (κ3) is 2.72. The molecule has 1 aliphatic rings. The molecule has 0 radical (unpaired) electrons. The van der Waals surface area contributed by atoms with Crippen LogP contribution in [-0.2, 0) is 11.2 Å². The second-order valence-electron chi connectivity index (χ2n) is 4.80. The lowest BCUT2D eigenvalue weighted by atomic mass is 10.1. The Hall–Kier alpha value is -2.82. The normalized spacial score (nSPS) is 16.6. The van der Waals surface area contributed by atoms with E-state index in [1.165, 1.54) is 12.1 Å². The maximum atomic E-state index is 12.1. The highest BCUT2D eigenvalue weighted by Gasteiger charge is 2.28. The molecule has 0 aliphatic carbocycles. The molecule has 5 nitrogen and oxygen atoms in total. The molecule has 0 bridgehead atoms. The summed E-state index contributed by atoms with van der Waals surface area (Å²) in [6.45, 7) is 0. The molecule has 2 aromatic rings. The van der Waals surface area contributed by atoms with Crippen LogP contribution in [0.3, 0.4) is 0 Å². The summed E-state index contributed by atoms with van der Waals surface area (Å²) in [6, 6.07) is 14.0. The van der Waals surface area contributed by atoms with Crippen LogP contribution in [0.25, 0.3) is 0 Å². The van der Waals surface area contributed by atoms with Gasteiger partial charge in [-0.3, -0.25) is 4.79 Å². The molecule has 1 heterocycles. The van der Waals surface area contributed by atoms with Gasteiger partial charge in [-0.05, 0) is 23.8 Å². The van der Waals surface area contributed by atoms with E-state index >= 15 is 0 Å². The molecule has 106 valence electrons. The highest BCUT2D eigenvalue weighted by Crippen LogP contribution is 2.31. The Kier molecular flexibility index (Phi) is 3.31. The van der Waals surface area contributed by atoms with E-state index in [1.807, 2.05) is 30.3 Å². The molecule has 2 aromatic carbocycles. The van der Waals surface area contributed by atoms with E-state index in [9.17, 15) is 9.59 Å². The summed E-state index contributed by atoms with van der Waals surface area (Å²) in [6.07, 6.45) is -0.150. The average molecular weight is 283 g/mol. The molecule has 0 saturated heterocycles. The Labute approximate surface area is 121 Å². The highest BCUT2D eigenvalue weighted by atomic mass is 16.5. The maximum absolute atomic E-state index is 12.1. The van der Waals surface area contributed by atoms with Crippen LogP contribution in [0.4, 0.5) is 5.69 Å². The Morgan fingerprint density at radius 1 is 1.19 bits per heavy atom. The fraction of sp³-hybridized carbons (Fsp3) is 0.125. The molecule has 1 amide bonds. The van der Waals surface area contributed by atoms with Gasteiger partial charge in [-0.2, -0.15) is 0 Å². The number of fused-ring (bicyclic) bond motifs is 1. The summed E-state index contributed by atoms with van der Waals surface area (Å²) in [5, 5.41) is 11.6. The SMILES string of the molecule is O=C(O)c1ccc2c(c1)NC(=O)[C@H](Cc1ccccc1)O2. The average Bonchev–Trinajstić information content (AvgIpc) is 2.48. The number of carbonyl (C=O) groups is 2. The van der Waals surface area contributed by atoms with Crippen LogP contribution in [0.15, 0.2) is 48.5 Å². The molecule has 3 rings (SSSR count). The van der Waals surface area contributed by atoms with Crippen LogP contribution in [0, 0.1) is 0 Å². The summed E-state index contributed by atoms with van der Waals surface area (Å²) < 4.78 is 5.68. The molecule has 5 heteroatoms. The number of rotatable bonds is 3. The Bertz CT molecular complexity index is 697. The van der Waals surface area contributed by atoms with E-state index in [0.717, 1.165) is 5.56 Å². The third-order valence-corrected chi connectivity index (χ3v) is 3.31. The van der Waals surface area contributed by atoms with Gasteiger partial charge in [-0.15, -0.1) is 0 Å². The molecule has 0 spiro atoms. The quantitative estimate of drug-likeness (QED) is 0.906. The zero-order chi connectivity index (χ0) is 14.8. The zero-order valence-corrected chi connectivity index (χ0v) is 11.1. The number of carbonyl (C=O) groups excluding carboxylic acids is 1. The van der Waals surface area contributed by atoms with Gasteiger partial charge in [0.25, 0.3) is 5.91 Å². The lowest BCUT2D eigenvalue weighted by molar-refractivity contribution is -0.123. The summed E-state index contributed by atoms with van der Waals surface area (Å²) in [7, 11) is 0. The maximum Gasteiger partial charge on any atom is 0.335 e. The first-order valence-corrected chi connectivity index (χ1v) is 6.52. The highest BCUT2D eigenvalue weighted by molar-refractivity contribution is 5.99. The number of ether oxygens (including phenoxy) is 1. The summed E-state index contributed by atoms with van der Waals surface area (Å²) in [5.41, 5.74) is 1.51. The first-order valence-electron chi connectivity index (χ1n) is 6.52. The topological polar surface area (TPSA) is 75.6 Å². The van der Waals surface area contributed by atoms with Crippen LogP contribution in [0.5, 0.6) is 5.75 Å². The van der Waals surface area contributed by atoms with Crippen molar-refractivity contribution >= 4 is 17.6 Å². The van der Waals surface area contributed by atoms with Gasteiger partial charge < -0.3 is 15.2 Å². The smallest absolute Gasteiger partial charge is 0.335 e. The van der Waals surface area contributed by atoms with Crippen molar-refractivity contribution < 1.29 is 19.4 Å². The lowest BCUT2D eigenvalue weighted by Gasteiger charge is -2.26. The van der Waals surface area contributed by atoms with Gasteiger partial charge in [0.15, 0.2) is 6.10 Å². The first kappa shape index (κ1) is 13.2. The molecule has 2 N–H and O–H groups in total. The van der Waals surface area contributed by atoms with Crippen LogP contribution >= 0.6 is 0 Å². The van der Waals surface area contributed by atoms with Gasteiger partial charge in [0, 0.05) is 6.42 Å². The molecule has 0 unspecified atom stereocenters. The number of benzene rings is 2. The van der Waals surface area contributed by atoms with Gasteiger partial charge in [0.1, 0.15) is 5.75 Å². The lowest BCUT2D eigenvalue weighted by Crippen LogP contribution is -2.38. The minimum absolute atomic E-state index is 0.110. The Morgan fingerprint density at radius 2 is 1.95 bits per heavy atom. The summed E-state index contributed by atoms with van der Waals surface area (Å²) in [4.78, 5) is 23.0. The van der Waals surface area contributed by atoms with E-state index in [1.54, 1.807) is 6.07 Å². The Balaban J connectivity index is 1.82. The molecule has 0 fully saturated rings. The van der Waals surface area contributed by atoms with Crippen molar-refractivity contribution in [3.63, 3.8) is 0 Å². The van der Waals surface area contributed by atoms with Crippen molar-refractivity contribution in [3.05, 3.63) is 59.7 Å².